The number of rotatable bonds is 8. The van der Waals surface area contributed by atoms with Gasteiger partial charge in [0.25, 0.3) is 5.91 Å². The maximum atomic E-state index is 13.7. The molecule has 0 bridgehead atoms. The first-order valence-electron chi connectivity index (χ1n) is 10.4. The standard InChI is InChI=1S/C26H27FN2O2/c1-3-15-28-25(30)17-20-9-13-24(14-10-20)29(18-21-5-4-6-23(27)16-21)26(31)22-11-7-19(2)8-12-22/h4-14,16H,3,15,17-18H2,1-2H3,(H,28,30). The van der Waals surface area contributed by atoms with Gasteiger partial charge in [-0.1, -0.05) is 48.9 Å². The van der Waals surface area contributed by atoms with E-state index in [-0.39, 0.29) is 30.6 Å². The summed E-state index contributed by atoms with van der Waals surface area (Å²) in [6.45, 7) is 4.87. The molecule has 31 heavy (non-hydrogen) atoms. The average Bonchev–Trinajstić information content (AvgIpc) is 2.77. The summed E-state index contributed by atoms with van der Waals surface area (Å²) >= 11 is 0. The lowest BCUT2D eigenvalue weighted by atomic mass is 10.1. The van der Waals surface area contributed by atoms with Crippen LogP contribution in [0.15, 0.2) is 72.8 Å². The van der Waals surface area contributed by atoms with Gasteiger partial charge in [0.2, 0.25) is 5.91 Å². The number of nitrogens with one attached hydrogen (secondary N) is 1. The second-order valence-electron chi connectivity index (χ2n) is 7.58. The van der Waals surface area contributed by atoms with Crippen LogP contribution >= 0.6 is 0 Å². The van der Waals surface area contributed by atoms with E-state index in [1.165, 1.54) is 12.1 Å². The lowest BCUT2D eigenvalue weighted by Gasteiger charge is -2.24. The molecule has 3 aromatic carbocycles. The van der Waals surface area contributed by atoms with Crippen LogP contribution < -0.4 is 10.2 Å². The largest absolute Gasteiger partial charge is 0.356 e. The summed E-state index contributed by atoms with van der Waals surface area (Å²) < 4.78 is 13.7. The van der Waals surface area contributed by atoms with E-state index >= 15 is 0 Å². The Labute approximate surface area is 182 Å². The van der Waals surface area contributed by atoms with Gasteiger partial charge in [0.05, 0.1) is 13.0 Å². The third-order valence-corrected chi connectivity index (χ3v) is 4.96. The molecule has 160 valence electrons. The third kappa shape index (κ3) is 6.25. The molecule has 0 aliphatic heterocycles. The molecule has 0 radical (unpaired) electrons. The van der Waals surface area contributed by atoms with Gasteiger partial charge >= 0.3 is 0 Å². The quantitative estimate of drug-likeness (QED) is 0.557. The van der Waals surface area contributed by atoms with Crippen LogP contribution in [0.5, 0.6) is 0 Å². The predicted molar refractivity (Wildman–Crippen MR) is 122 cm³/mol. The van der Waals surface area contributed by atoms with Gasteiger partial charge in [-0.2, -0.15) is 0 Å². The number of amides is 2. The number of benzene rings is 3. The number of aryl methyl sites for hydroxylation is 1. The van der Waals surface area contributed by atoms with E-state index in [4.69, 9.17) is 0 Å². The maximum absolute atomic E-state index is 13.7. The number of nitrogens with zero attached hydrogens (tertiary/aromatic N) is 1. The molecule has 0 atom stereocenters. The lowest BCUT2D eigenvalue weighted by molar-refractivity contribution is -0.120. The number of halogens is 1. The second kappa shape index (κ2) is 10.5. The number of anilines is 1. The van der Waals surface area contributed by atoms with Crippen LogP contribution in [0.4, 0.5) is 10.1 Å². The van der Waals surface area contributed by atoms with Crippen molar-refractivity contribution in [3.63, 3.8) is 0 Å². The van der Waals surface area contributed by atoms with Crippen LogP contribution in [0.25, 0.3) is 0 Å². The fraction of sp³-hybridized carbons (Fsp3) is 0.231. The van der Waals surface area contributed by atoms with Crippen LogP contribution in [-0.4, -0.2) is 18.4 Å². The van der Waals surface area contributed by atoms with Crippen LogP contribution in [0.2, 0.25) is 0 Å². The molecule has 0 aliphatic rings. The molecule has 2 amide bonds. The molecule has 1 N–H and O–H groups in total. The van der Waals surface area contributed by atoms with Gasteiger partial charge in [0.1, 0.15) is 5.82 Å². The monoisotopic (exact) mass is 418 g/mol. The van der Waals surface area contributed by atoms with E-state index in [1.807, 2.05) is 50.2 Å². The van der Waals surface area contributed by atoms with Crippen molar-refractivity contribution in [1.82, 2.24) is 5.32 Å². The zero-order valence-electron chi connectivity index (χ0n) is 17.9. The molecule has 3 rings (SSSR count). The van der Waals surface area contributed by atoms with Crippen molar-refractivity contribution in [1.29, 1.82) is 0 Å². The molecule has 0 heterocycles. The van der Waals surface area contributed by atoms with E-state index < -0.39 is 0 Å². The fourth-order valence-corrected chi connectivity index (χ4v) is 3.26. The molecular weight excluding hydrogens is 391 g/mol. The van der Waals surface area contributed by atoms with Crippen LogP contribution in [0.3, 0.4) is 0 Å². The Bertz CT molecular complexity index is 1030. The van der Waals surface area contributed by atoms with Crippen molar-refractivity contribution in [2.75, 3.05) is 11.4 Å². The Balaban J connectivity index is 1.85. The van der Waals surface area contributed by atoms with Gasteiger partial charge in [0, 0.05) is 17.8 Å². The number of carbonyl (C=O) groups is 2. The fourth-order valence-electron chi connectivity index (χ4n) is 3.26. The van der Waals surface area contributed by atoms with Crippen molar-refractivity contribution in [2.24, 2.45) is 0 Å². The summed E-state index contributed by atoms with van der Waals surface area (Å²) in [6.07, 6.45) is 1.18. The van der Waals surface area contributed by atoms with E-state index in [2.05, 4.69) is 5.32 Å². The summed E-state index contributed by atoms with van der Waals surface area (Å²) in [4.78, 5) is 26.9. The maximum Gasteiger partial charge on any atom is 0.258 e. The Hall–Kier alpha value is -3.47. The second-order valence-corrected chi connectivity index (χ2v) is 7.58. The van der Waals surface area contributed by atoms with Gasteiger partial charge in [-0.3, -0.25) is 9.59 Å². The number of hydrogen-bond donors (Lipinski definition) is 1. The van der Waals surface area contributed by atoms with Gasteiger partial charge in [-0.05, 0) is 60.9 Å². The number of carbonyl (C=O) groups excluding carboxylic acids is 2. The summed E-state index contributed by atoms with van der Waals surface area (Å²) in [5.74, 6) is -0.534. The van der Waals surface area contributed by atoms with E-state index in [9.17, 15) is 14.0 Å². The molecule has 0 saturated heterocycles. The van der Waals surface area contributed by atoms with E-state index in [0.29, 0.717) is 23.4 Å². The molecule has 0 aliphatic carbocycles. The van der Waals surface area contributed by atoms with Crippen molar-refractivity contribution in [3.05, 3.63) is 101 Å². The summed E-state index contributed by atoms with van der Waals surface area (Å²) in [6, 6.07) is 21.0. The van der Waals surface area contributed by atoms with Crippen LogP contribution in [0, 0.1) is 12.7 Å². The SMILES string of the molecule is CCCNC(=O)Cc1ccc(N(Cc2cccc(F)c2)C(=O)c2ccc(C)cc2)cc1. The molecule has 4 nitrogen and oxygen atoms in total. The first-order chi connectivity index (χ1) is 15.0. The zero-order valence-corrected chi connectivity index (χ0v) is 17.9. The molecular formula is C26H27FN2O2. The minimum absolute atomic E-state index is 0.0260. The third-order valence-electron chi connectivity index (χ3n) is 4.96. The number of hydrogen-bond acceptors (Lipinski definition) is 2. The molecule has 0 spiro atoms. The molecule has 0 fully saturated rings. The van der Waals surface area contributed by atoms with E-state index in [1.54, 1.807) is 29.2 Å². The van der Waals surface area contributed by atoms with E-state index in [0.717, 1.165) is 17.5 Å². The summed E-state index contributed by atoms with van der Waals surface area (Å²) in [7, 11) is 0. The molecule has 5 heteroatoms. The predicted octanol–water partition coefficient (Wildman–Crippen LogP) is 5.05. The highest BCUT2D eigenvalue weighted by atomic mass is 19.1. The summed E-state index contributed by atoms with van der Waals surface area (Å²) in [5.41, 5.74) is 3.88. The van der Waals surface area contributed by atoms with Gasteiger partial charge in [-0.15, -0.1) is 0 Å². The average molecular weight is 419 g/mol. The minimum atomic E-state index is -0.339. The van der Waals surface area contributed by atoms with Gasteiger partial charge in [0.15, 0.2) is 0 Å². The highest BCUT2D eigenvalue weighted by Crippen LogP contribution is 2.22. The van der Waals surface area contributed by atoms with Crippen molar-refractivity contribution in [3.8, 4) is 0 Å². The highest BCUT2D eigenvalue weighted by Gasteiger charge is 2.19. The minimum Gasteiger partial charge on any atom is -0.356 e. The van der Waals surface area contributed by atoms with Gasteiger partial charge < -0.3 is 10.2 Å². The molecule has 0 aromatic heterocycles. The Kier molecular flexibility index (Phi) is 7.55. The Morgan fingerprint density at radius 1 is 0.935 bits per heavy atom. The Morgan fingerprint density at radius 2 is 1.65 bits per heavy atom. The Morgan fingerprint density at radius 3 is 2.29 bits per heavy atom. The highest BCUT2D eigenvalue weighted by molar-refractivity contribution is 6.06. The van der Waals surface area contributed by atoms with Crippen molar-refractivity contribution >= 4 is 17.5 Å². The van der Waals surface area contributed by atoms with Crippen LogP contribution in [0.1, 0.15) is 40.4 Å². The van der Waals surface area contributed by atoms with Crippen molar-refractivity contribution in [2.45, 2.75) is 33.2 Å². The van der Waals surface area contributed by atoms with Crippen LogP contribution in [-0.2, 0) is 17.8 Å². The lowest BCUT2D eigenvalue weighted by Crippen LogP contribution is -2.30. The molecule has 0 saturated carbocycles. The first kappa shape index (κ1) is 22.2. The zero-order chi connectivity index (χ0) is 22.2. The van der Waals surface area contributed by atoms with Gasteiger partial charge in [-0.25, -0.2) is 4.39 Å². The summed E-state index contributed by atoms with van der Waals surface area (Å²) in [5, 5.41) is 2.86. The topological polar surface area (TPSA) is 49.4 Å². The molecule has 0 unspecified atom stereocenters. The normalized spacial score (nSPS) is 10.5. The molecule has 3 aromatic rings. The first-order valence-corrected chi connectivity index (χ1v) is 10.4. The van der Waals surface area contributed by atoms with Crippen molar-refractivity contribution < 1.29 is 14.0 Å². The smallest absolute Gasteiger partial charge is 0.258 e.